The molecule has 7 heteroatoms. The van der Waals surface area contributed by atoms with Crippen LogP contribution >= 0.6 is 0 Å². The Balaban J connectivity index is 1.45. The van der Waals surface area contributed by atoms with Crippen molar-refractivity contribution in [3.63, 3.8) is 0 Å². The average molecular weight is 397 g/mol. The smallest absolute Gasteiger partial charge is 0.374 e. The minimum Gasteiger partial charge on any atom is -0.496 e. The third kappa shape index (κ3) is 5.44. The van der Waals surface area contributed by atoms with E-state index < -0.39 is 18.5 Å². The van der Waals surface area contributed by atoms with Gasteiger partial charge >= 0.3 is 5.97 Å². The van der Waals surface area contributed by atoms with Crippen LogP contribution in [0.3, 0.4) is 0 Å². The number of methoxy groups -OCH3 is 1. The molecule has 6 nitrogen and oxygen atoms in total. The third-order valence-corrected chi connectivity index (χ3v) is 4.18. The number of nitrogens with one attached hydrogen (secondary N) is 1. The molecule has 1 aromatic heterocycles. The molecule has 0 aliphatic carbocycles. The molecule has 1 amide bonds. The van der Waals surface area contributed by atoms with Crippen LogP contribution in [-0.4, -0.2) is 32.1 Å². The van der Waals surface area contributed by atoms with Crippen LogP contribution in [0.4, 0.5) is 4.39 Å². The number of hydrogen-bond donors (Lipinski definition) is 1. The highest BCUT2D eigenvalue weighted by atomic mass is 19.1. The molecular formula is C22H20FNO5. The highest BCUT2D eigenvalue weighted by molar-refractivity contribution is 5.89. The Bertz CT molecular complexity index is 981. The van der Waals surface area contributed by atoms with Crippen molar-refractivity contribution in [2.75, 3.05) is 20.3 Å². The predicted molar refractivity (Wildman–Crippen MR) is 104 cm³/mol. The maximum atomic E-state index is 13.0. The molecule has 0 spiro atoms. The number of furan rings is 1. The zero-order valence-electron chi connectivity index (χ0n) is 15.8. The number of carbonyl (C=O) groups excluding carboxylic acids is 2. The molecule has 0 aliphatic heterocycles. The maximum Gasteiger partial charge on any atom is 0.374 e. The van der Waals surface area contributed by atoms with Crippen molar-refractivity contribution >= 4 is 11.9 Å². The van der Waals surface area contributed by atoms with Gasteiger partial charge in [-0.2, -0.15) is 0 Å². The summed E-state index contributed by atoms with van der Waals surface area (Å²) in [6.07, 6.45) is 0.586. The van der Waals surface area contributed by atoms with Crippen LogP contribution in [-0.2, 0) is 16.0 Å². The number of hydrogen-bond acceptors (Lipinski definition) is 5. The SMILES string of the molecule is COc1ccccc1CCNC(=O)COC(=O)c1ccc(-c2ccc(F)cc2)o1. The summed E-state index contributed by atoms with van der Waals surface area (Å²) in [7, 11) is 1.59. The van der Waals surface area contributed by atoms with E-state index in [1.165, 1.54) is 18.2 Å². The molecule has 0 saturated heterocycles. The van der Waals surface area contributed by atoms with Crippen molar-refractivity contribution in [3.05, 3.63) is 77.8 Å². The molecule has 0 unspecified atom stereocenters. The lowest BCUT2D eigenvalue weighted by molar-refractivity contribution is -0.124. The topological polar surface area (TPSA) is 77.8 Å². The van der Waals surface area contributed by atoms with Crippen LogP contribution in [0.25, 0.3) is 11.3 Å². The monoisotopic (exact) mass is 397 g/mol. The number of ether oxygens (including phenoxy) is 2. The third-order valence-electron chi connectivity index (χ3n) is 4.18. The van der Waals surface area contributed by atoms with Gasteiger partial charge in [-0.1, -0.05) is 18.2 Å². The molecule has 150 valence electrons. The lowest BCUT2D eigenvalue weighted by atomic mass is 10.1. The first-order valence-corrected chi connectivity index (χ1v) is 8.98. The van der Waals surface area contributed by atoms with Crippen LogP contribution < -0.4 is 10.1 Å². The quantitative estimate of drug-likeness (QED) is 0.588. The van der Waals surface area contributed by atoms with Crippen LogP contribution in [0, 0.1) is 5.82 Å². The number of halogens is 1. The van der Waals surface area contributed by atoms with Gasteiger partial charge in [0.05, 0.1) is 7.11 Å². The standard InChI is InChI=1S/C22H20FNO5/c1-27-18-5-3-2-4-15(18)12-13-24-21(25)14-28-22(26)20-11-10-19(29-20)16-6-8-17(23)9-7-16/h2-11H,12-14H2,1H3,(H,24,25). The molecule has 0 fully saturated rings. The minimum absolute atomic E-state index is 0.0360. The normalized spacial score (nSPS) is 10.4. The highest BCUT2D eigenvalue weighted by Gasteiger charge is 2.15. The van der Waals surface area contributed by atoms with Crippen molar-refractivity contribution in [2.24, 2.45) is 0 Å². The summed E-state index contributed by atoms with van der Waals surface area (Å²) in [5.74, 6) is -0.416. The Kier molecular flexibility index (Phi) is 6.63. The lowest BCUT2D eigenvalue weighted by Crippen LogP contribution is -2.30. The van der Waals surface area contributed by atoms with Crippen LogP contribution in [0.15, 0.2) is 65.1 Å². The Morgan fingerprint density at radius 3 is 2.55 bits per heavy atom. The number of esters is 1. The van der Waals surface area contributed by atoms with Gasteiger partial charge in [-0.3, -0.25) is 4.79 Å². The summed E-state index contributed by atoms with van der Waals surface area (Å²) in [6, 6.07) is 16.2. The minimum atomic E-state index is -0.752. The Hall–Kier alpha value is -3.61. The molecule has 0 saturated carbocycles. The summed E-state index contributed by atoms with van der Waals surface area (Å²) in [5.41, 5.74) is 1.59. The van der Waals surface area contributed by atoms with Crippen LogP contribution in [0.2, 0.25) is 0 Å². The van der Waals surface area contributed by atoms with Crippen molar-refractivity contribution in [3.8, 4) is 17.1 Å². The summed E-state index contributed by atoms with van der Waals surface area (Å²) in [5, 5.41) is 2.69. The second-order valence-corrected chi connectivity index (χ2v) is 6.16. The van der Waals surface area contributed by atoms with Gasteiger partial charge < -0.3 is 19.2 Å². The number of benzene rings is 2. The van der Waals surface area contributed by atoms with Crippen molar-refractivity contribution in [1.29, 1.82) is 0 Å². The first kappa shape index (κ1) is 20.1. The number of para-hydroxylation sites is 1. The summed E-state index contributed by atoms with van der Waals surface area (Å²) in [4.78, 5) is 24.0. The van der Waals surface area contributed by atoms with E-state index in [4.69, 9.17) is 13.9 Å². The Labute approximate surface area is 167 Å². The first-order chi connectivity index (χ1) is 14.1. The molecule has 0 bridgehead atoms. The van der Waals surface area contributed by atoms with E-state index in [2.05, 4.69) is 5.32 Å². The number of rotatable bonds is 8. The maximum absolute atomic E-state index is 13.0. The van der Waals surface area contributed by atoms with Crippen molar-refractivity contribution < 1.29 is 27.9 Å². The largest absolute Gasteiger partial charge is 0.496 e. The zero-order valence-corrected chi connectivity index (χ0v) is 15.8. The molecule has 3 aromatic rings. The summed E-state index contributed by atoms with van der Waals surface area (Å²) >= 11 is 0. The fourth-order valence-electron chi connectivity index (χ4n) is 2.72. The van der Waals surface area contributed by atoms with E-state index in [0.717, 1.165) is 11.3 Å². The van der Waals surface area contributed by atoms with Gasteiger partial charge in [0.2, 0.25) is 5.76 Å². The van der Waals surface area contributed by atoms with Gasteiger partial charge in [-0.25, -0.2) is 9.18 Å². The van der Waals surface area contributed by atoms with Gasteiger partial charge in [0.1, 0.15) is 17.3 Å². The average Bonchev–Trinajstić information content (AvgIpc) is 3.23. The lowest BCUT2D eigenvalue weighted by Gasteiger charge is -2.09. The molecule has 2 aromatic carbocycles. The van der Waals surface area contributed by atoms with E-state index in [0.29, 0.717) is 24.3 Å². The van der Waals surface area contributed by atoms with E-state index >= 15 is 0 Å². The molecular weight excluding hydrogens is 377 g/mol. The zero-order chi connectivity index (χ0) is 20.6. The van der Waals surface area contributed by atoms with Gasteiger partial charge in [0, 0.05) is 12.1 Å². The summed E-state index contributed by atoms with van der Waals surface area (Å²) < 4.78 is 28.6. The molecule has 3 rings (SSSR count). The number of carbonyl (C=O) groups is 2. The van der Waals surface area contributed by atoms with E-state index in [1.54, 1.807) is 25.3 Å². The molecule has 29 heavy (non-hydrogen) atoms. The second kappa shape index (κ2) is 9.54. The molecule has 0 radical (unpaired) electrons. The van der Waals surface area contributed by atoms with Crippen molar-refractivity contribution in [2.45, 2.75) is 6.42 Å². The first-order valence-electron chi connectivity index (χ1n) is 8.98. The van der Waals surface area contributed by atoms with E-state index in [-0.39, 0.29) is 11.6 Å². The van der Waals surface area contributed by atoms with Gasteiger partial charge in [0.15, 0.2) is 6.61 Å². The van der Waals surface area contributed by atoms with Gasteiger partial charge in [-0.15, -0.1) is 0 Å². The molecule has 1 N–H and O–H groups in total. The van der Waals surface area contributed by atoms with Crippen LogP contribution in [0.1, 0.15) is 16.1 Å². The van der Waals surface area contributed by atoms with Crippen LogP contribution in [0.5, 0.6) is 5.75 Å². The molecule has 0 atom stereocenters. The van der Waals surface area contributed by atoms with Crippen molar-refractivity contribution in [1.82, 2.24) is 5.32 Å². The number of amides is 1. The Morgan fingerprint density at radius 2 is 1.79 bits per heavy atom. The second-order valence-electron chi connectivity index (χ2n) is 6.16. The van der Waals surface area contributed by atoms with E-state index in [1.807, 2.05) is 24.3 Å². The Morgan fingerprint density at radius 1 is 1.03 bits per heavy atom. The molecule has 0 aliphatic rings. The van der Waals surface area contributed by atoms with Gasteiger partial charge in [0.25, 0.3) is 5.91 Å². The van der Waals surface area contributed by atoms with Gasteiger partial charge in [-0.05, 0) is 54.4 Å². The fourth-order valence-corrected chi connectivity index (χ4v) is 2.72. The fraction of sp³-hybridized carbons (Fsp3) is 0.182. The summed E-state index contributed by atoms with van der Waals surface area (Å²) in [6.45, 7) is -0.0381. The predicted octanol–water partition coefficient (Wildman–Crippen LogP) is 3.61. The highest BCUT2D eigenvalue weighted by Crippen LogP contribution is 2.22. The van der Waals surface area contributed by atoms with E-state index in [9.17, 15) is 14.0 Å². The molecule has 1 heterocycles.